The fraction of sp³-hybridized carbons (Fsp3) is 0.200. The summed E-state index contributed by atoms with van der Waals surface area (Å²) in [7, 11) is 1.42. The van der Waals surface area contributed by atoms with E-state index in [1.54, 1.807) is 12.1 Å². The van der Waals surface area contributed by atoms with Crippen LogP contribution in [0.1, 0.15) is 28.4 Å². The number of nitriles is 1. The lowest BCUT2D eigenvalue weighted by Gasteiger charge is -2.28. The van der Waals surface area contributed by atoms with Crippen molar-refractivity contribution in [1.82, 2.24) is 9.80 Å². The lowest BCUT2D eigenvalue weighted by Crippen LogP contribution is -2.42. The molecule has 1 atom stereocenters. The highest BCUT2D eigenvalue weighted by molar-refractivity contribution is 6.11. The average molecular weight is 383 g/mol. The molecule has 3 rings (SSSR count). The largest absolute Gasteiger partial charge is 0.328 e. The molecule has 1 heterocycles. The van der Waals surface area contributed by atoms with Gasteiger partial charge in [0.15, 0.2) is 5.78 Å². The standard InChI is InChI=1S/C20H15F2N3O3/c1-20(13-5-3-12(10-23)4-6-13)18(27)25(19(28)24(20)2)11-17(26)15-8-7-14(21)9-16(15)22/h3-9H,11H2,1-2H3. The molecule has 1 saturated heterocycles. The van der Waals surface area contributed by atoms with Crippen LogP contribution in [0.15, 0.2) is 42.5 Å². The molecule has 1 aliphatic rings. The summed E-state index contributed by atoms with van der Waals surface area (Å²) in [6.07, 6.45) is 0. The summed E-state index contributed by atoms with van der Waals surface area (Å²) in [6.45, 7) is 0.855. The Morgan fingerprint density at radius 3 is 2.36 bits per heavy atom. The van der Waals surface area contributed by atoms with Crippen molar-refractivity contribution >= 4 is 17.7 Å². The topological polar surface area (TPSA) is 81.5 Å². The molecule has 0 aliphatic carbocycles. The molecule has 1 unspecified atom stereocenters. The van der Waals surface area contributed by atoms with E-state index < -0.39 is 47.0 Å². The van der Waals surface area contributed by atoms with Gasteiger partial charge < -0.3 is 4.90 Å². The van der Waals surface area contributed by atoms with Crippen LogP contribution in [0, 0.1) is 23.0 Å². The van der Waals surface area contributed by atoms with Gasteiger partial charge in [0.05, 0.1) is 23.7 Å². The first-order valence-corrected chi connectivity index (χ1v) is 8.28. The van der Waals surface area contributed by atoms with E-state index in [1.165, 1.54) is 31.0 Å². The molecule has 0 N–H and O–H groups in total. The molecule has 8 heteroatoms. The molecule has 2 aromatic rings. The lowest BCUT2D eigenvalue weighted by atomic mass is 9.90. The molecule has 142 valence electrons. The van der Waals surface area contributed by atoms with Gasteiger partial charge in [-0.2, -0.15) is 5.26 Å². The van der Waals surface area contributed by atoms with Crippen LogP contribution in [0.3, 0.4) is 0 Å². The number of rotatable bonds is 4. The highest BCUT2D eigenvalue weighted by Crippen LogP contribution is 2.36. The maximum atomic E-state index is 13.8. The van der Waals surface area contributed by atoms with Crippen molar-refractivity contribution in [2.75, 3.05) is 13.6 Å². The number of hydrogen-bond donors (Lipinski definition) is 0. The maximum absolute atomic E-state index is 13.8. The number of amides is 3. The number of Topliss-reactive ketones (excluding diaryl/α,β-unsaturated/α-hetero) is 1. The Labute approximate surface area is 159 Å². The number of benzene rings is 2. The number of nitrogens with zero attached hydrogens (tertiary/aromatic N) is 3. The number of likely N-dealkylation sites (N-methyl/N-ethyl adjacent to an activating group) is 1. The van der Waals surface area contributed by atoms with Gasteiger partial charge >= 0.3 is 6.03 Å². The van der Waals surface area contributed by atoms with Gasteiger partial charge in [0.25, 0.3) is 5.91 Å². The number of carbonyl (C=O) groups is 3. The molecule has 6 nitrogen and oxygen atoms in total. The van der Waals surface area contributed by atoms with Crippen LogP contribution >= 0.6 is 0 Å². The zero-order valence-electron chi connectivity index (χ0n) is 15.1. The highest BCUT2D eigenvalue weighted by atomic mass is 19.1. The van der Waals surface area contributed by atoms with Gasteiger partial charge in [-0.25, -0.2) is 13.6 Å². The van der Waals surface area contributed by atoms with Crippen LogP contribution in [-0.4, -0.2) is 41.1 Å². The zero-order chi connectivity index (χ0) is 20.6. The normalized spacial score (nSPS) is 19.1. The van der Waals surface area contributed by atoms with Crippen molar-refractivity contribution in [2.45, 2.75) is 12.5 Å². The van der Waals surface area contributed by atoms with Crippen LogP contribution in [0.5, 0.6) is 0 Å². The molecule has 0 saturated carbocycles. The predicted molar refractivity (Wildman–Crippen MR) is 94.1 cm³/mol. The molecular weight excluding hydrogens is 368 g/mol. The Kier molecular flexibility index (Phi) is 4.69. The highest BCUT2D eigenvalue weighted by Gasteiger charge is 2.54. The third-order valence-electron chi connectivity index (χ3n) is 4.96. The Balaban J connectivity index is 1.91. The van der Waals surface area contributed by atoms with Gasteiger partial charge in [0.2, 0.25) is 0 Å². The van der Waals surface area contributed by atoms with Gasteiger partial charge in [0, 0.05) is 13.1 Å². The first-order valence-electron chi connectivity index (χ1n) is 8.28. The van der Waals surface area contributed by atoms with Crippen molar-refractivity contribution in [3.05, 3.63) is 70.8 Å². The fourth-order valence-corrected chi connectivity index (χ4v) is 3.14. The van der Waals surface area contributed by atoms with Crippen molar-refractivity contribution < 1.29 is 23.2 Å². The monoisotopic (exact) mass is 383 g/mol. The predicted octanol–water partition coefficient (Wildman–Crippen LogP) is 2.83. The molecule has 28 heavy (non-hydrogen) atoms. The molecular formula is C20H15F2N3O3. The van der Waals surface area contributed by atoms with Gasteiger partial charge in [-0.05, 0) is 36.8 Å². The molecule has 1 fully saturated rings. The zero-order valence-corrected chi connectivity index (χ0v) is 15.1. The van der Waals surface area contributed by atoms with Gasteiger partial charge in [-0.15, -0.1) is 0 Å². The van der Waals surface area contributed by atoms with E-state index in [0.717, 1.165) is 17.0 Å². The average Bonchev–Trinajstić information content (AvgIpc) is 2.84. The van der Waals surface area contributed by atoms with Gasteiger partial charge in [-0.3, -0.25) is 14.5 Å². The number of ketones is 1. The van der Waals surface area contributed by atoms with Crippen LogP contribution in [0.25, 0.3) is 0 Å². The van der Waals surface area contributed by atoms with E-state index in [9.17, 15) is 23.2 Å². The summed E-state index contributed by atoms with van der Waals surface area (Å²) in [4.78, 5) is 39.9. The minimum absolute atomic E-state index is 0.394. The van der Waals surface area contributed by atoms with Crippen LogP contribution in [0.4, 0.5) is 13.6 Å². The Hall–Kier alpha value is -3.60. The molecule has 0 radical (unpaired) electrons. The van der Waals surface area contributed by atoms with Crippen LogP contribution in [0.2, 0.25) is 0 Å². The van der Waals surface area contributed by atoms with Crippen molar-refractivity contribution in [1.29, 1.82) is 5.26 Å². The van der Waals surface area contributed by atoms with Crippen molar-refractivity contribution in [3.63, 3.8) is 0 Å². The van der Waals surface area contributed by atoms with E-state index >= 15 is 0 Å². The van der Waals surface area contributed by atoms with Crippen LogP contribution in [-0.2, 0) is 10.3 Å². The van der Waals surface area contributed by atoms with Crippen LogP contribution < -0.4 is 0 Å². The van der Waals surface area contributed by atoms with E-state index in [1.807, 2.05) is 6.07 Å². The molecule has 2 aromatic carbocycles. The Morgan fingerprint density at radius 2 is 1.79 bits per heavy atom. The number of halogens is 2. The molecule has 0 aromatic heterocycles. The molecule has 3 amide bonds. The maximum Gasteiger partial charge on any atom is 0.328 e. The molecule has 1 aliphatic heterocycles. The Bertz CT molecular complexity index is 1030. The summed E-state index contributed by atoms with van der Waals surface area (Å²) in [5.41, 5.74) is -0.926. The third kappa shape index (κ3) is 2.91. The van der Waals surface area contributed by atoms with Gasteiger partial charge in [0.1, 0.15) is 17.2 Å². The Morgan fingerprint density at radius 1 is 1.14 bits per heavy atom. The summed E-state index contributed by atoms with van der Waals surface area (Å²) >= 11 is 0. The third-order valence-corrected chi connectivity index (χ3v) is 4.96. The van der Waals surface area contributed by atoms with E-state index in [2.05, 4.69) is 0 Å². The fourth-order valence-electron chi connectivity index (χ4n) is 3.14. The first kappa shape index (κ1) is 19.2. The number of carbonyl (C=O) groups excluding carboxylic acids is 3. The molecule has 0 bridgehead atoms. The van der Waals surface area contributed by atoms with Crippen molar-refractivity contribution in [2.24, 2.45) is 0 Å². The minimum atomic E-state index is -1.38. The summed E-state index contributed by atoms with van der Waals surface area (Å²) < 4.78 is 26.9. The van der Waals surface area contributed by atoms with Crippen molar-refractivity contribution in [3.8, 4) is 6.07 Å². The number of imide groups is 1. The number of hydrogen-bond acceptors (Lipinski definition) is 4. The summed E-state index contributed by atoms with van der Waals surface area (Å²) in [5.74, 6) is -3.37. The summed E-state index contributed by atoms with van der Waals surface area (Å²) in [5, 5.41) is 8.91. The SMILES string of the molecule is CN1C(=O)N(CC(=O)c2ccc(F)cc2F)C(=O)C1(C)c1ccc(C#N)cc1. The minimum Gasteiger partial charge on any atom is -0.309 e. The van der Waals surface area contributed by atoms with E-state index in [0.29, 0.717) is 17.2 Å². The van der Waals surface area contributed by atoms with E-state index in [-0.39, 0.29) is 0 Å². The first-order chi connectivity index (χ1) is 13.2. The second-order valence-electron chi connectivity index (χ2n) is 6.54. The summed E-state index contributed by atoms with van der Waals surface area (Å²) in [6, 6.07) is 9.88. The van der Waals surface area contributed by atoms with E-state index in [4.69, 9.17) is 5.26 Å². The number of urea groups is 1. The van der Waals surface area contributed by atoms with Gasteiger partial charge in [-0.1, -0.05) is 12.1 Å². The smallest absolute Gasteiger partial charge is 0.309 e. The second-order valence-corrected chi connectivity index (χ2v) is 6.54. The second kappa shape index (κ2) is 6.85. The molecule has 0 spiro atoms. The lowest BCUT2D eigenvalue weighted by molar-refractivity contribution is -0.132. The quantitative estimate of drug-likeness (QED) is 0.601.